The highest BCUT2D eigenvalue weighted by atomic mass is 16.3. The first-order chi connectivity index (χ1) is 29.5. The SMILES string of the molecule is CC(C)N1CCC(N2CCC(O)C2=O)CC1.CC(C)N1CCC(N2CCCC2=O)CC1.CC(C)N1CCC(N2CCCC2=O)CC1.CC(C)N1CCN(C2CCN(C)C2=O)CC1. The van der Waals surface area contributed by atoms with Gasteiger partial charge in [-0.15, -0.1) is 0 Å². The molecule has 0 spiro atoms. The molecule has 0 aromatic rings. The van der Waals surface area contributed by atoms with Gasteiger partial charge in [0.2, 0.25) is 17.7 Å². The topological polar surface area (TPSA) is 118 Å². The molecule has 0 aliphatic carbocycles. The lowest BCUT2D eigenvalue weighted by Crippen LogP contribution is -2.53. The summed E-state index contributed by atoms with van der Waals surface area (Å²) in [5.74, 6) is 1.04. The molecule has 14 heteroatoms. The van der Waals surface area contributed by atoms with Crippen molar-refractivity contribution in [3.05, 3.63) is 0 Å². The lowest BCUT2D eigenvalue weighted by molar-refractivity contribution is -0.137. The minimum absolute atomic E-state index is 0.0528. The fourth-order valence-corrected chi connectivity index (χ4v) is 11.0. The van der Waals surface area contributed by atoms with Crippen molar-refractivity contribution in [2.45, 2.75) is 187 Å². The van der Waals surface area contributed by atoms with Crippen molar-refractivity contribution in [3.63, 3.8) is 0 Å². The molecule has 8 fully saturated rings. The van der Waals surface area contributed by atoms with Crippen LogP contribution in [-0.4, -0.2) is 226 Å². The van der Waals surface area contributed by atoms with Crippen molar-refractivity contribution in [1.82, 2.24) is 44.1 Å². The number of aliphatic hydroxyl groups excluding tert-OH is 1. The zero-order chi connectivity index (χ0) is 45.1. The van der Waals surface area contributed by atoms with E-state index < -0.39 is 6.10 Å². The molecule has 1 N–H and O–H groups in total. The monoisotopic (exact) mass is 872 g/mol. The van der Waals surface area contributed by atoms with Gasteiger partial charge in [0.1, 0.15) is 6.10 Å². The highest BCUT2D eigenvalue weighted by molar-refractivity contribution is 5.84. The van der Waals surface area contributed by atoms with E-state index in [1.807, 2.05) is 16.8 Å². The predicted molar refractivity (Wildman–Crippen MR) is 248 cm³/mol. The van der Waals surface area contributed by atoms with Crippen LogP contribution in [0.5, 0.6) is 0 Å². The summed E-state index contributed by atoms with van der Waals surface area (Å²) in [6.45, 7) is 32.7. The Morgan fingerprint density at radius 1 is 0.419 bits per heavy atom. The molecule has 4 amide bonds. The molecule has 356 valence electrons. The van der Waals surface area contributed by atoms with Gasteiger partial charge in [-0.1, -0.05) is 0 Å². The van der Waals surface area contributed by atoms with Crippen LogP contribution in [0.25, 0.3) is 0 Å². The number of piperidine rings is 3. The molecule has 0 aromatic carbocycles. The van der Waals surface area contributed by atoms with Gasteiger partial charge in [-0.05, 0) is 120 Å². The first-order valence-electron chi connectivity index (χ1n) is 25.1. The maximum absolute atomic E-state index is 11.9. The fourth-order valence-electron chi connectivity index (χ4n) is 11.0. The summed E-state index contributed by atoms with van der Waals surface area (Å²) in [4.78, 5) is 67.1. The standard InChI is InChI=1S/C12H23N3O.C12H22N2O2.2C12H22N2O/c1-10(2)14-6-8-15(9-7-14)11-4-5-13(3)12(11)16;1-9(2)13-6-3-10(4-7-13)14-8-5-11(15)12(14)16;2*1-10(2)13-8-5-11(6-9-13)14-7-3-4-12(14)15/h10-11H,4-9H2,1-3H3;9-11,15H,3-8H2,1-2H3;2*10-11H,3-9H2,1-2H3. The smallest absolute Gasteiger partial charge is 0.251 e. The maximum Gasteiger partial charge on any atom is 0.251 e. The van der Waals surface area contributed by atoms with Crippen LogP contribution in [-0.2, 0) is 19.2 Å². The number of carbonyl (C=O) groups excluding carboxylic acids is 4. The second kappa shape index (κ2) is 24.2. The molecule has 8 rings (SSSR count). The number of rotatable bonds is 8. The lowest BCUT2D eigenvalue weighted by atomic mass is 10.0. The van der Waals surface area contributed by atoms with Crippen LogP contribution < -0.4 is 0 Å². The largest absolute Gasteiger partial charge is 0.383 e. The number of aliphatic hydroxyl groups is 1. The van der Waals surface area contributed by atoms with E-state index >= 15 is 0 Å². The van der Waals surface area contributed by atoms with Crippen molar-refractivity contribution in [2.75, 3.05) is 98.7 Å². The number of nitrogens with zero attached hydrogens (tertiary/aromatic N) is 9. The Morgan fingerprint density at radius 2 is 0.790 bits per heavy atom. The van der Waals surface area contributed by atoms with Crippen LogP contribution in [0.1, 0.15) is 132 Å². The highest BCUT2D eigenvalue weighted by Gasteiger charge is 2.38. The molecule has 62 heavy (non-hydrogen) atoms. The Labute approximate surface area is 376 Å². The van der Waals surface area contributed by atoms with Crippen LogP contribution in [0.4, 0.5) is 0 Å². The zero-order valence-electron chi connectivity index (χ0n) is 40.7. The van der Waals surface area contributed by atoms with Gasteiger partial charge in [-0.2, -0.15) is 0 Å². The molecule has 0 saturated carbocycles. The summed E-state index contributed by atoms with van der Waals surface area (Å²) in [7, 11) is 1.91. The Hall–Kier alpha value is -2.36. The minimum atomic E-state index is -0.733. The molecule has 2 unspecified atom stereocenters. The summed E-state index contributed by atoms with van der Waals surface area (Å²) < 4.78 is 0. The molecule has 8 heterocycles. The third-order valence-electron chi connectivity index (χ3n) is 15.4. The number of carbonyl (C=O) groups is 4. The van der Waals surface area contributed by atoms with Gasteiger partial charge in [-0.3, -0.25) is 29.0 Å². The summed E-state index contributed by atoms with van der Waals surface area (Å²) in [5.41, 5.74) is 0. The van der Waals surface area contributed by atoms with E-state index in [1.165, 1.54) is 25.7 Å². The number of hydrogen-bond acceptors (Lipinski definition) is 10. The molecule has 2 atom stereocenters. The van der Waals surface area contributed by atoms with Crippen LogP contribution >= 0.6 is 0 Å². The number of piperazine rings is 1. The number of amides is 4. The van der Waals surface area contributed by atoms with Gasteiger partial charge in [0.15, 0.2) is 0 Å². The molecule has 8 aliphatic rings. The van der Waals surface area contributed by atoms with Crippen molar-refractivity contribution < 1.29 is 24.3 Å². The van der Waals surface area contributed by atoms with E-state index in [2.05, 4.69) is 89.7 Å². The first-order valence-corrected chi connectivity index (χ1v) is 25.1. The third-order valence-corrected chi connectivity index (χ3v) is 15.4. The first kappa shape index (κ1) is 50.6. The Bertz CT molecular complexity index is 1290. The van der Waals surface area contributed by atoms with Gasteiger partial charge < -0.3 is 39.4 Å². The van der Waals surface area contributed by atoms with Crippen LogP contribution in [0.3, 0.4) is 0 Å². The predicted octanol–water partition coefficient (Wildman–Crippen LogP) is 3.66. The van der Waals surface area contributed by atoms with Gasteiger partial charge in [0.05, 0.1) is 6.04 Å². The van der Waals surface area contributed by atoms with Gasteiger partial charge >= 0.3 is 0 Å². The lowest BCUT2D eigenvalue weighted by Gasteiger charge is -2.39. The molecular weight excluding hydrogens is 783 g/mol. The molecule has 8 aliphatic heterocycles. The average molecular weight is 872 g/mol. The maximum atomic E-state index is 11.9. The van der Waals surface area contributed by atoms with E-state index in [-0.39, 0.29) is 11.9 Å². The summed E-state index contributed by atoms with van der Waals surface area (Å²) in [5, 5.41) is 9.44. The van der Waals surface area contributed by atoms with E-state index in [1.54, 1.807) is 0 Å². The van der Waals surface area contributed by atoms with Crippen molar-refractivity contribution in [3.8, 4) is 0 Å². The summed E-state index contributed by atoms with van der Waals surface area (Å²) in [6, 6.07) is 4.13. The number of likely N-dealkylation sites (tertiary alicyclic amines) is 7. The number of likely N-dealkylation sites (N-methyl/N-ethyl adjacent to an activating group) is 1. The molecule has 14 nitrogen and oxygen atoms in total. The van der Waals surface area contributed by atoms with E-state index in [0.29, 0.717) is 66.4 Å². The minimum Gasteiger partial charge on any atom is -0.383 e. The zero-order valence-corrected chi connectivity index (χ0v) is 40.7. The van der Waals surface area contributed by atoms with Crippen molar-refractivity contribution in [1.29, 1.82) is 0 Å². The molecule has 0 bridgehead atoms. The quantitative estimate of drug-likeness (QED) is 0.388. The normalized spacial score (nSPS) is 27.5. The van der Waals surface area contributed by atoms with E-state index in [4.69, 9.17) is 0 Å². The second-order valence-corrected chi connectivity index (χ2v) is 20.5. The van der Waals surface area contributed by atoms with Crippen LogP contribution in [0.15, 0.2) is 0 Å². The number of hydrogen-bond donors (Lipinski definition) is 1. The summed E-state index contributed by atoms with van der Waals surface area (Å²) in [6.07, 6.45) is 11.4. The third kappa shape index (κ3) is 13.8. The molecule has 0 aromatic heterocycles. The Balaban J connectivity index is 0.000000156. The molecule has 8 saturated heterocycles. The Kier molecular flexibility index (Phi) is 19.8. The molecule has 0 radical (unpaired) electrons. The average Bonchev–Trinajstić information content (AvgIpc) is 4.06. The summed E-state index contributed by atoms with van der Waals surface area (Å²) >= 11 is 0. The van der Waals surface area contributed by atoms with Crippen molar-refractivity contribution >= 4 is 23.6 Å². The Morgan fingerprint density at radius 3 is 1.08 bits per heavy atom. The fraction of sp³-hybridized carbons (Fsp3) is 0.917. The van der Waals surface area contributed by atoms with Crippen LogP contribution in [0, 0.1) is 0 Å². The van der Waals surface area contributed by atoms with E-state index in [0.717, 1.165) is 137 Å². The van der Waals surface area contributed by atoms with Crippen LogP contribution in [0.2, 0.25) is 0 Å². The second-order valence-electron chi connectivity index (χ2n) is 20.5. The van der Waals surface area contributed by atoms with Crippen molar-refractivity contribution in [2.24, 2.45) is 0 Å². The van der Waals surface area contributed by atoms with Gasteiger partial charge in [0.25, 0.3) is 5.91 Å². The molecular formula is C48H89N9O5. The van der Waals surface area contributed by atoms with E-state index in [9.17, 15) is 24.3 Å². The highest BCUT2D eigenvalue weighted by Crippen LogP contribution is 2.26. The van der Waals surface area contributed by atoms with Gasteiger partial charge in [0, 0.05) is 154 Å². The van der Waals surface area contributed by atoms with Gasteiger partial charge in [-0.25, -0.2) is 0 Å².